The summed E-state index contributed by atoms with van der Waals surface area (Å²) < 4.78 is 0. The van der Waals surface area contributed by atoms with Crippen LogP contribution in [0.1, 0.15) is 126 Å². The Balaban J connectivity index is 0.00000194. The monoisotopic (exact) mass is 792 g/mol. The fourth-order valence-electron chi connectivity index (χ4n) is 9.29. The molecule has 266 valence electrons. The molecule has 3 unspecified atom stereocenters. The van der Waals surface area contributed by atoms with Gasteiger partial charge in [-0.05, 0) is 86.6 Å². The Hall–Kier alpha value is -2.18. The Morgan fingerprint density at radius 1 is 0.569 bits per heavy atom. The summed E-state index contributed by atoms with van der Waals surface area (Å²) in [4.78, 5) is 0. The quantitative estimate of drug-likeness (QED) is 0.213. The summed E-state index contributed by atoms with van der Waals surface area (Å²) in [6.07, 6.45) is 6.37. The van der Waals surface area contributed by atoms with Crippen molar-refractivity contribution < 1.29 is 51.0 Å². The van der Waals surface area contributed by atoms with Gasteiger partial charge in [-0.3, -0.25) is 0 Å². The minimum Gasteiger partial charge on any atom is -1.00 e. The van der Waals surface area contributed by atoms with Crippen molar-refractivity contribution in [2.75, 3.05) is 0 Å². The molecule has 0 N–H and O–H groups in total. The van der Waals surface area contributed by atoms with Gasteiger partial charge in [-0.25, -0.2) is 0 Å². The third-order valence-corrected chi connectivity index (χ3v) is 12.2. The Labute approximate surface area is 341 Å². The first-order chi connectivity index (χ1) is 22.3. The molecular weight excluding hydrogens is 739 g/mol. The molecule has 3 atom stereocenters. The second-order valence-corrected chi connectivity index (χ2v) is 18.8. The van der Waals surface area contributed by atoms with Crippen LogP contribution < -0.4 is 24.8 Å². The van der Waals surface area contributed by atoms with E-state index in [2.05, 4.69) is 180 Å². The topological polar surface area (TPSA) is 0 Å². The van der Waals surface area contributed by atoms with E-state index in [1.54, 1.807) is 5.57 Å². The fraction of sp³-hybridized carbons (Fsp3) is 0.417. The van der Waals surface area contributed by atoms with Crippen LogP contribution in [-0.4, -0.2) is 0 Å². The van der Waals surface area contributed by atoms with Gasteiger partial charge in [-0.2, -0.15) is 0 Å². The van der Waals surface area contributed by atoms with Gasteiger partial charge < -0.3 is 24.8 Å². The van der Waals surface area contributed by atoms with Crippen LogP contribution in [0.25, 0.3) is 11.1 Å². The van der Waals surface area contributed by atoms with E-state index in [4.69, 9.17) is 0 Å². The number of hydrogen-bond acceptors (Lipinski definition) is 0. The number of benzene rings is 4. The van der Waals surface area contributed by atoms with Crippen LogP contribution >= 0.6 is 0 Å². The minimum absolute atomic E-state index is 0. The average Bonchev–Trinajstić information content (AvgIpc) is 3.67. The number of halogens is 2. The van der Waals surface area contributed by atoms with Crippen molar-refractivity contribution in [3.05, 3.63) is 153 Å². The normalized spacial score (nSPS) is 22.5. The van der Waals surface area contributed by atoms with Crippen LogP contribution in [-0.2, 0) is 47.9 Å². The molecule has 0 spiro atoms. The van der Waals surface area contributed by atoms with Crippen LogP contribution in [0.5, 0.6) is 0 Å². The van der Waals surface area contributed by atoms with Gasteiger partial charge in [0.15, 0.2) is 0 Å². The van der Waals surface area contributed by atoms with E-state index in [-0.39, 0.29) is 89.9 Å². The third-order valence-electron chi connectivity index (χ3n) is 12.2. The summed E-state index contributed by atoms with van der Waals surface area (Å²) in [5.74, 6) is 0.513. The maximum atomic E-state index is 2.69. The summed E-state index contributed by atoms with van der Waals surface area (Å²) in [5, 5.41) is 0. The predicted octanol–water partition coefficient (Wildman–Crippen LogP) is 6.84. The molecule has 3 heteroatoms. The van der Waals surface area contributed by atoms with E-state index in [0.717, 1.165) is 6.42 Å². The molecule has 0 saturated heterocycles. The van der Waals surface area contributed by atoms with E-state index < -0.39 is 0 Å². The molecule has 51 heavy (non-hydrogen) atoms. The van der Waals surface area contributed by atoms with Crippen molar-refractivity contribution in [3.8, 4) is 11.1 Å². The number of hydrogen-bond donors (Lipinski definition) is 0. The molecule has 0 amide bonds. The summed E-state index contributed by atoms with van der Waals surface area (Å²) in [6, 6.07) is 34.1. The molecule has 0 heterocycles. The first-order valence-corrected chi connectivity index (χ1v) is 18.2. The van der Waals surface area contributed by atoms with Gasteiger partial charge in [0.05, 0.1) is 0 Å². The largest absolute Gasteiger partial charge is 2.00 e. The Morgan fingerprint density at radius 3 is 1.41 bits per heavy atom. The van der Waals surface area contributed by atoms with Crippen molar-refractivity contribution in [1.29, 1.82) is 0 Å². The molecule has 4 aromatic carbocycles. The number of aryl methyl sites for hydroxylation is 2. The summed E-state index contributed by atoms with van der Waals surface area (Å²) in [7, 11) is 0. The molecule has 4 aromatic rings. The molecule has 0 radical (unpaired) electrons. The first kappa shape index (κ1) is 41.6. The molecule has 0 bridgehead atoms. The van der Waals surface area contributed by atoms with Gasteiger partial charge in [-0.1, -0.05) is 183 Å². The van der Waals surface area contributed by atoms with Crippen LogP contribution in [0.4, 0.5) is 0 Å². The molecule has 3 aliphatic carbocycles. The summed E-state index contributed by atoms with van der Waals surface area (Å²) >= 11 is 0. The smallest absolute Gasteiger partial charge is 1.00 e. The maximum Gasteiger partial charge on any atom is 2.00 e. The standard InChI is InChI=1S/C48H56.2ClH.Zr/c1-30-13-17-32(18-14-30)47(12)29-48(33-19-15-31(2)16-20-33,42-28-36(27-41(42)47)46(9,10)11)43-37-23-21-34(44(3,4)5)25-39(37)40-26-35(45(6,7)8)22-24-38(40)43;;;/h13-28,42-43H,29H2,1-12H3;2*1H;/q;;;+2/p-2. The van der Waals surface area contributed by atoms with Gasteiger partial charge in [0, 0.05) is 22.7 Å². The van der Waals surface area contributed by atoms with Gasteiger partial charge in [0.1, 0.15) is 0 Å². The molecule has 7 rings (SSSR count). The van der Waals surface area contributed by atoms with E-state index in [1.807, 2.05) is 0 Å². The Morgan fingerprint density at radius 2 is 1.00 bits per heavy atom. The molecular formula is C48H56Cl2Zr. The first-order valence-electron chi connectivity index (χ1n) is 18.2. The van der Waals surface area contributed by atoms with Crippen molar-refractivity contribution in [2.45, 2.75) is 117 Å². The van der Waals surface area contributed by atoms with E-state index in [0.29, 0.717) is 0 Å². The van der Waals surface area contributed by atoms with Crippen molar-refractivity contribution in [2.24, 2.45) is 11.3 Å². The van der Waals surface area contributed by atoms with Crippen LogP contribution in [0.15, 0.2) is 108 Å². The second kappa shape index (κ2) is 13.9. The number of fused-ring (bicyclic) bond motifs is 4. The Kier molecular flexibility index (Phi) is 11.3. The summed E-state index contributed by atoms with van der Waals surface area (Å²) in [6.45, 7) is 28.2. The SMILES string of the molecule is Cc1ccc(C2(C)CC(c3ccc(C)cc3)(C3c4ccc(C(C)(C)C)cc4-c4cc(C(C)(C)C)ccc43)C3C=C(C(C)(C)C)C=C32)cc1.[Cl-].[Cl-].[Zr+2]. The van der Waals surface area contributed by atoms with Gasteiger partial charge in [0.25, 0.3) is 0 Å². The van der Waals surface area contributed by atoms with Crippen LogP contribution in [0, 0.1) is 25.2 Å². The Bertz CT molecular complexity index is 1910. The molecule has 0 nitrogen and oxygen atoms in total. The van der Waals surface area contributed by atoms with Crippen molar-refractivity contribution in [3.63, 3.8) is 0 Å². The zero-order chi connectivity index (χ0) is 34.6. The maximum absolute atomic E-state index is 2.69. The van der Waals surface area contributed by atoms with Crippen molar-refractivity contribution in [1.82, 2.24) is 0 Å². The zero-order valence-corrected chi connectivity index (χ0v) is 36.8. The fourth-order valence-corrected chi connectivity index (χ4v) is 9.29. The van der Waals surface area contributed by atoms with Gasteiger partial charge in [-0.15, -0.1) is 0 Å². The molecule has 1 fully saturated rings. The molecule has 3 aliphatic rings. The third kappa shape index (κ3) is 6.77. The molecule has 0 aliphatic heterocycles. The average molecular weight is 795 g/mol. The van der Waals surface area contributed by atoms with E-state index in [9.17, 15) is 0 Å². The molecule has 1 saturated carbocycles. The van der Waals surface area contributed by atoms with Crippen LogP contribution in [0.3, 0.4) is 0 Å². The van der Waals surface area contributed by atoms with E-state index in [1.165, 1.54) is 61.2 Å². The minimum atomic E-state index is -0.168. The number of allylic oxidation sites excluding steroid dienone is 4. The molecule has 0 aromatic heterocycles. The predicted molar refractivity (Wildman–Crippen MR) is 206 cm³/mol. The second-order valence-electron chi connectivity index (χ2n) is 18.8. The van der Waals surface area contributed by atoms with Crippen LogP contribution in [0.2, 0.25) is 0 Å². The zero-order valence-electron chi connectivity index (χ0n) is 32.9. The van der Waals surface area contributed by atoms with E-state index >= 15 is 0 Å². The van der Waals surface area contributed by atoms with Gasteiger partial charge >= 0.3 is 26.2 Å². The van der Waals surface area contributed by atoms with Gasteiger partial charge in [0.2, 0.25) is 0 Å². The summed E-state index contributed by atoms with van der Waals surface area (Å²) in [5.41, 5.74) is 17.2. The van der Waals surface area contributed by atoms with Crippen molar-refractivity contribution >= 4 is 0 Å². The number of rotatable bonds is 3.